The Hall–Kier alpha value is -1.96. The Bertz CT molecular complexity index is 611. The van der Waals surface area contributed by atoms with Crippen LogP contribution in [-0.2, 0) is 7.05 Å². The van der Waals surface area contributed by atoms with Crippen LogP contribution < -0.4 is 0 Å². The van der Waals surface area contributed by atoms with Crippen LogP contribution in [0.2, 0.25) is 0 Å². The van der Waals surface area contributed by atoms with Gasteiger partial charge in [0.15, 0.2) is 23.3 Å². The van der Waals surface area contributed by atoms with Gasteiger partial charge in [-0.1, -0.05) is 0 Å². The summed E-state index contributed by atoms with van der Waals surface area (Å²) in [6.45, 7) is 0. The van der Waals surface area contributed by atoms with Crippen molar-refractivity contribution in [3.8, 4) is 0 Å². The smallest absolute Gasteiger partial charge is 0.200 e. The van der Waals surface area contributed by atoms with Crippen LogP contribution in [0.3, 0.4) is 0 Å². The molecule has 19 heavy (non-hydrogen) atoms. The molecule has 0 radical (unpaired) electrons. The number of hydrogen-bond donors (Lipinski definition) is 1. The fraction of sp³-hybridized carbons (Fsp3) is 0.182. The van der Waals surface area contributed by atoms with Gasteiger partial charge >= 0.3 is 0 Å². The van der Waals surface area contributed by atoms with E-state index in [1.165, 1.54) is 24.0 Å². The molecule has 3 nitrogen and oxygen atoms in total. The van der Waals surface area contributed by atoms with Crippen molar-refractivity contribution in [2.75, 3.05) is 0 Å². The van der Waals surface area contributed by atoms with E-state index in [0.29, 0.717) is 0 Å². The van der Waals surface area contributed by atoms with Crippen LogP contribution in [0.1, 0.15) is 17.5 Å². The third-order valence-electron chi connectivity index (χ3n) is 2.62. The molecule has 102 valence electrons. The molecule has 0 saturated carbocycles. The van der Waals surface area contributed by atoms with E-state index in [0.717, 1.165) is 0 Å². The lowest BCUT2D eigenvalue weighted by molar-refractivity contribution is 0.190. The summed E-state index contributed by atoms with van der Waals surface area (Å²) >= 11 is 0. The van der Waals surface area contributed by atoms with Gasteiger partial charge in [-0.15, -0.1) is 0 Å². The standard InChI is InChI=1S/C11H7F5N2O/c1-18-3-2-17-11(18)10(19)4-5(12)7(14)9(16)8(15)6(4)13/h2-3,10,19H,1H3. The van der Waals surface area contributed by atoms with Gasteiger partial charge in [-0.2, -0.15) is 0 Å². The van der Waals surface area contributed by atoms with Gasteiger partial charge in [0.1, 0.15) is 11.9 Å². The zero-order valence-corrected chi connectivity index (χ0v) is 9.46. The van der Waals surface area contributed by atoms with E-state index in [2.05, 4.69) is 4.98 Å². The van der Waals surface area contributed by atoms with Crippen LogP contribution in [0, 0.1) is 29.1 Å². The van der Waals surface area contributed by atoms with Crippen molar-refractivity contribution in [1.82, 2.24) is 9.55 Å². The zero-order chi connectivity index (χ0) is 14.3. The normalized spacial score (nSPS) is 12.8. The van der Waals surface area contributed by atoms with Crippen molar-refractivity contribution >= 4 is 0 Å². The second-order valence-corrected chi connectivity index (χ2v) is 3.78. The minimum atomic E-state index is -2.27. The van der Waals surface area contributed by atoms with Crippen LogP contribution >= 0.6 is 0 Å². The number of aromatic nitrogens is 2. The van der Waals surface area contributed by atoms with E-state index in [1.807, 2.05) is 0 Å². The first-order valence-electron chi connectivity index (χ1n) is 5.02. The van der Waals surface area contributed by atoms with Gasteiger partial charge in [0, 0.05) is 19.4 Å². The number of nitrogens with zero attached hydrogens (tertiary/aromatic N) is 2. The minimum Gasteiger partial charge on any atom is -0.380 e. The highest BCUT2D eigenvalue weighted by Crippen LogP contribution is 2.30. The molecule has 0 fully saturated rings. The lowest BCUT2D eigenvalue weighted by atomic mass is 10.1. The lowest BCUT2D eigenvalue weighted by Crippen LogP contribution is -2.15. The van der Waals surface area contributed by atoms with E-state index < -0.39 is 40.8 Å². The highest BCUT2D eigenvalue weighted by atomic mass is 19.2. The number of aliphatic hydroxyl groups is 1. The Kier molecular flexibility index (Phi) is 3.27. The molecule has 1 unspecified atom stereocenters. The molecular weight excluding hydrogens is 271 g/mol. The van der Waals surface area contributed by atoms with Crippen molar-refractivity contribution in [2.24, 2.45) is 7.05 Å². The summed E-state index contributed by atoms with van der Waals surface area (Å²) < 4.78 is 67.0. The number of rotatable bonds is 2. The van der Waals surface area contributed by atoms with Crippen LogP contribution in [-0.4, -0.2) is 14.7 Å². The van der Waals surface area contributed by atoms with Crippen molar-refractivity contribution in [3.63, 3.8) is 0 Å². The van der Waals surface area contributed by atoms with Crippen molar-refractivity contribution in [2.45, 2.75) is 6.10 Å². The number of halogens is 5. The molecule has 1 atom stereocenters. The summed E-state index contributed by atoms with van der Waals surface area (Å²) in [4.78, 5) is 3.60. The number of aliphatic hydroxyl groups excluding tert-OH is 1. The largest absolute Gasteiger partial charge is 0.380 e. The molecule has 0 bridgehead atoms. The Balaban J connectivity index is 2.67. The second-order valence-electron chi connectivity index (χ2n) is 3.78. The average molecular weight is 278 g/mol. The Morgan fingerprint density at radius 1 is 1.00 bits per heavy atom. The van der Waals surface area contributed by atoms with Crippen molar-refractivity contribution in [3.05, 3.63) is 52.9 Å². The second kappa shape index (κ2) is 4.61. The maximum atomic E-state index is 13.5. The molecule has 8 heteroatoms. The van der Waals surface area contributed by atoms with E-state index >= 15 is 0 Å². The molecule has 1 aromatic carbocycles. The van der Waals surface area contributed by atoms with Gasteiger partial charge in [-0.25, -0.2) is 26.9 Å². The maximum Gasteiger partial charge on any atom is 0.200 e. The number of hydrogen-bond acceptors (Lipinski definition) is 2. The Morgan fingerprint density at radius 2 is 1.47 bits per heavy atom. The van der Waals surface area contributed by atoms with Gasteiger partial charge in [-0.05, 0) is 0 Å². The molecule has 0 aliphatic carbocycles. The van der Waals surface area contributed by atoms with E-state index in [9.17, 15) is 27.1 Å². The Labute approximate surface area is 103 Å². The number of imidazole rings is 1. The first-order chi connectivity index (χ1) is 8.86. The molecule has 0 aliphatic rings. The molecule has 1 heterocycles. The van der Waals surface area contributed by atoms with Gasteiger partial charge in [0.25, 0.3) is 0 Å². The monoisotopic (exact) mass is 278 g/mol. The molecule has 0 saturated heterocycles. The molecule has 2 rings (SSSR count). The summed E-state index contributed by atoms with van der Waals surface area (Å²) in [6, 6.07) is 0. The summed E-state index contributed by atoms with van der Waals surface area (Å²) in [7, 11) is 1.40. The van der Waals surface area contributed by atoms with Crippen LogP contribution in [0.4, 0.5) is 22.0 Å². The lowest BCUT2D eigenvalue weighted by Gasteiger charge is -2.14. The summed E-state index contributed by atoms with van der Waals surface area (Å²) in [6.07, 6.45) is 0.499. The molecule has 0 aliphatic heterocycles. The van der Waals surface area contributed by atoms with Crippen molar-refractivity contribution in [1.29, 1.82) is 0 Å². The summed E-state index contributed by atoms with van der Waals surface area (Å²) in [5.74, 6) is -10.9. The van der Waals surface area contributed by atoms with E-state index in [1.54, 1.807) is 0 Å². The third-order valence-corrected chi connectivity index (χ3v) is 2.62. The molecule has 0 spiro atoms. The van der Waals surface area contributed by atoms with E-state index in [4.69, 9.17) is 0 Å². The predicted octanol–water partition coefficient (Wildman–Crippen LogP) is 2.20. The van der Waals surface area contributed by atoms with Crippen LogP contribution in [0.25, 0.3) is 0 Å². The van der Waals surface area contributed by atoms with Crippen LogP contribution in [0.15, 0.2) is 12.4 Å². The quantitative estimate of drug-likeness (QED) is 0.519. The first kappa shape index (κ1) is 13.5. The van der Waals surface area contributed by atoms with Crippen LogP contribution in [0.5, 0.6) is 0 Å². The Morgan fingerprint density at radius 3 is 1.89 bits per heavy atom. The highest BCUT2D eigenvalue weighted by molar-refractivity contribution is 5.29. The number of benzene rings is 1. The van der Waals surface area contributed by atoms with E-state index in [-0.39, 0.29) is 5.82 Å². The summed E-state index contributed by atoms with van der Waals surface area (Å²) in [5, 5.41) is 9.74. The van der Waals surface area contributed by atoms with Gasteiger partial charge in [-0.3, -0.25) is 0 Å². The number of aryl methyl sites for hydroxylation is 1. The average Bonchev–Trinajstić information content (AvgIpc) is 2.80. The van der Waals surface area contributed by atoms with Gasteiger partial charge in [0.05, 0.1) is 5.56 Å². The van der Waals surface area contributed by atoms with Crippen molar-refractivity contribution < 1.29 is 27.1 Å². The first-order valence-corrected chi connectivity index (χ1v) is 5.02. The third kappa shape index (κ3) is 1.97. The maximum absolute atomic E-state index is 13.5. The predicted molar refractivity (Wildman–Crippen MR) is 53.5 cm³/mol. The minimum absolute atomic E-state index is 0.247. The fourth-order valence-corrected chi connectivity index (χ4v) is 1.63. The molecule has 1 N–H and O–H groups in total. The topological polar surface area (TPSA) is 38.0 Å². The highest BCUT2D eigenvalue weighted by Gasteiger charge is 2.31. The summed E-state index contributed by atoms with van der Waals surface area (Å²) in [5.41, 5.74) is -1.33. The molecule has 0 amide bonds. The molecular formula is C11H7F5N2O. The molecule has 1 aromatic heterocycles. The fourth-order valence-electron chi connectivity index (χ4n) is 1.63. The zero-order valence-electron chi connectivity index (χ0n) is 9.46. The van der Waals surface area contributed by atoms with Gasteiger partial charge < -0.3 is 9.67 Å². The molecule has 2 aromatic rings. The van der Waals surface area contributed by atoms with Gasteiger partial charge in [0.2, 0.25) is 5.82 Å². The SMILES string of the molecule is Cn1ccnc1C(O)c1c(F)c(F)c(F)c(F)c1F.